The van der Waals surface area contributed by atoms with Gasteiger partial charge in [-0.3, -0.25) is 4.79 Å². The number of hydrogen-bond acceptors (Lipinski definition) is 2. The first-order chi connectivity index (χ1) is 7.83. The third-order valence-electron chi connectivity index (χ3n) is 2.13. The maximum atomic E-state index is 11.2. The number of carbonyl (C=O) groups excluding carboxylic acids is 1. The molecule has 0 spiro atoms. The first-order valence-electron chi connectivity index (χ1n) is 5.77. The van der Waals surface area contributed by atoms with Crippen LogP contribution in [0.4, 0.5) is 0 Å². The molecule has 0 saturated carbocycles. The Morgan fingerprint density at radius 3 is 2.75 bits per heavy atom. The summed E-state index contributed by atoms with van der Waals surface area (Å²) in [7, 11) is 0. The van der Waals surface area contributed by atoms with Crippen molar-refractivity contribution in [2.75, 3.05) is 12.3 Å². The Bertz CT molecular complexity index is 300. The van der Waals surface area contributed by atoms with Crippen molar-refractivity contribution in [2.24, 2.45) is 0 Å². The average molecular weight is 237 g/mol. The molecule has 0 saturated heterocycles. The lowest BCUT2D eigenvalue weighted by atomic mass is 10.3. The lowest BCUT2D eigenvalue weighted by molar-refractivity contribution is -0.121. The largest absolute Gasteiger partial charge is 0.356 e. The minimum atomic E-state index is 0.173. The molecule has 0 bridgehead atoms. The molecule has 1 aromatic carbocycles. The van der Waals surface area contributed by atoms with Crippen molar-refractivity contribution < 1.29 is 4.79 Å². The molecular weight excluding hydrogens is 218 g/mol. The van der Waals surface area contributed by atoms with Crippen molar-refractivity contribution in [3.8, 4) is 0 Å². The molecule has 88 valence electrons. The van der Waals surface area contributed by atoms with Gasteiger partial charge in [0.25, 0.3) is 0 Å². The van der Waals surface area contributed by atoms with Gasteiger partial charge in [-0.05, 0) is 30.7 Å². The van der Waals surface area contributed by atoms with Gasteiger partial charge in [-0.25, -0.2) is 0 Å². The van der Waals surface area contributed by atoms with Crippen LogP contribution >= 0.6 is 11.8 Å². The van der Waals surface area contributed by atoms with Gasteiger partial charge in [-0.15, -0.1) is 11.8 Å². The van der Waals surface area contributed by atoms with E-state index in [1.165, 1.54) is 4.90 Å². The van der Waals surface area contributed by atoms with E-state index in [0.29, 0.717) is 6.42 Å². The summed E-state index contributed by atoms with van der Waals surface area (Å²) in [6.45, 7) is 2.81. The van der Waals surface area contributed by atoms with Crippen LogP contribution in [0.3, 0.4) is 0 Å². The summed E-state index contributed by atoms with van der Waals surface area (Å²) in [4.78, 5) is 12.5. The van der Waals surface area contributed by atoms with Gasteiger partial charge in [-0.2, -0.15) is 0 Å². The maximum Gasteiger partial charge on any atom is 0.219 e. The lowest BCUT2D eigenvalue weighted by Crippen LogP contribution is -2.24. The Labute approximate surface area is 102 Å². The van der Waals surface area contributed by atoms with Crippen molar-refractivity contribution in [1.82, 2.24) is 5.32 Å². The van der Waals surface area contributed by atoms with Crippen LogP contribution in [0.25, 0.3) is 0 Å². The van der Waals surface area contributed by atoms with Gasteiger partial charge in [0.05, 0.1) is 0 Å². The SMILES string of the molecule is CCCC(=O)NCCCSc1ccccc1. The molecule has 0 aliphatic rings. The van der Waals surface area contributed by atoms with Gasteiger partial charge in [-0.1, -0.05) is 25.1 Å². The van der Waals surface area contributed by atoms with Gasteiger partial charge >= 0.3 is 0 Å². The lowest BCUT2D eigenvalue weighted by Gasteiger charge is -2.04. The molecule has 0 aromatic heterocycles. The van der Waals surface area contributed by atoms with Crippen LogP contribution in [0.2, 0.25) is 0 Å². The molecule has 2 nitrogen and oxygen atoms in total. The first-order valence-corrected chi connectivity index (χ1v) is 6.76. The summed E-state index contributed by atoms with van der Waals surface area (Å²) in [5, 5.41) is 2.92. The van der Waals surface area contributed by atoms with E-state index in [1.807, 2.05) is 36.9 Å². The number of nitrogens with one attached hydrogen (secondary N) is 1. The number of amides is 1. The van der Waals surface area contributed by atoms with Crippen LogP contribution in [0.1, 0.15) is 26.2 Å². The Kier molecular flexibility index (Phi) is 6.74. The Morgan fingerprint density at radius 1 is 1.31 bits per heavy atom. The van der Waals surface area contributed by atoms with Crippen LogP contribution < -0.4 is 5.32 Å². The third kappa shape index (κ3) is 5.81. The number of thioether (sulfide) groups is 1. The van der Waals surface area contributed by atoms with Gasteiger partial charge in [0.2, 0.25) is 5.91 Å². The molecule has 16 heavy (non-hydrogen) atoms. The topological polar surface area (TPSA) is 29.1 Å². The fraction of sp³-hybridized carbons (Fsp3) is 0.462. The molecule has 1 rings (SSSR count). The normalized spacial score (nSPS) is 10.1. The third-order valence-corrected chi connectivity index (χ3v) is 3.23. The number of rotatable bonds is 7. The second kappa shape index (κ2) is 8.22. The molecule has 0 atom stereocenters. The first kappa shape index (κ1) is 13.1. The van der Waals surface area contributed by atoms with E-state index in [4.69, 9.17) is 0 Å². The Hall–Kier alpha value is -0.960. The van der Waals surface area contributed by atoms with Crippen LogP contribution in [0, 0.1) is 0 Å². The smallest absolute Gasteiger partial charge is 0.219 e. The van der Waals surface area contributed by atoms with E-state index in [1.54, 1.807) is 0 Å². The second-order valence-electron chi connectivity index (χ2n) is 3.62. The van der Waals surface area contributed by atoms with Gasteiger partial charge in [0, 0.05) is 17.9 Å². The molecular formula is C13H19NOS. The molecule has 0 aliphatic carbocycles. The number of benzene rings is 1. The second-order valence-corrected chi connectivity index (χ2v) is 4.78. The quantitative estimate of drug-likeness (QED) is 0.583. The molecule has 3 heteroatoms. The summed E-state index contributed by atoms with van der Waals surface area (Å²) >= 11 is 1.83. The van der Waals surface area contributed by atoms with Crippen molar-refractivity contribution in [3.05, 3.63) is 30.3 Å². The van der Waals surface area contributed by atoms with E-state index in [-0.39, 0.29) is 5.91 Å². The Balaban J connectivity index is 2.02. The van der Waals surface area contributed by atoms with Crippen molar-refractivity contribution >= 4 is 17.7 Å². The Morgan fingerprint density at radius 2 is 2.06 bits per heavy atom. The van der Waals surface area contributed by atoms with Crippen molar-refractivity contribution in [3.63, 3.8) is 0 Å². The molecule has 0 heterocycles. The van der Waals surface area contributed by atoms with Crippen LogP contribution in [0.5, 0.6) is 0 Å². The number of carbonyl (C=O) groups is 1. The minimum absolute atomic E-state index is 0.173. The van der Waals surface area contributed by atoms with E-state index in [9.17, 15) is 4.79 Å². The zero-order valence-corrected chi connectivity index (χ0v) is 10.6. The molecule has 1 aromatic rings. The van der Waals surface area contributed by atoms with Gasteiger partial charge < -0.3 is 5.32 Å². The van der Waals surface area contributed by atoms with Crippen LogP contribution in [-0.4, -0.2) is 18.2 Å². The van der Waals surface area contributed by atoms with Crippen LogP contribution in [-0.2, 0) is 4.79 Å². The van der Waals surface area contributed by atoms with Crippen LogP contribution in [0.15, 0.2) is 35.2 Å². The summed E-state index contributed by atoms with van der Waals surface area (Å²) < 4.78 is 0. The molecule has 1 N–H and O–H groups in total. The molecule has 0 radical (unpaired) electrons. The summed E-state index contributed by atoms with van der Waals surface area (Å²) in [5.41, 5.74) is 0. The maximum absolute atomic E-state index is 11.2. The van der Waals surface area contributed by atoms with Crippen molar-refractivity contribution in [1.29, 1.82) is 0 Å². The zero-order chi connectivity index (χ0) is 11.6. The highest BCUT2D eigenvalue weighted by Gasteiger charge is 1.97. The fourth-order valence-corrected chi connectivity index (χ4v) is 2.20. The summed E-state index contributed by atoms with van der Waals surface area (Å²) in [6.07, 6.45) is 2.59. The van der Waals surface area contributed by atoms with E-state index < -0.39 is 0 Å². The molecule has 0 fully saturated rings. The fourth-order valence-electron chi connectivity index (χ4n) is 1.32. The predicted octanol–water partition coefficient (Wildman–Crippen LogP) is 3.09. The highest BCUT2D eigenvalue weighted by molar-refractivity contribution is 7.99. The summed E-state index contributed by atoms with van der Waals surface area (Å²) in [6, 6.07) is 10.3. The monoisotopic (exact) mass is 237 g/mol. The van der Waals surface area contributed by atoms with E-state index in [0.717, 1.165) is 25.1 Å². The highest BCUT2D eigenvalue weighted by atomic mass is 32.2. The van der Waals surface area contributed by atoms with E-state index >= 15 is 0 Å². The average Bonchev–Trinajstić information content (AvgIpc) is 2.30. The molecule has 0 aliphatic heterocycles. The zero-order valence-electron chi connectivity index (χ0n) is 9.74. The van der Waals surface area contributed by atoms with E-state index in [2.05, 4.69) is 17.4 Å². The molecule has 1 amide bonds. The van der Waals surface area contributed by atoms with Crippen molar-refractivity contribution in [2.45, 2.75) is 31.1 Å². The molecule has 0 unspecified atom stereocenters. The van der Waals surface area contributed by atoms with Gasteiger partial charge in [0.1, 0.15) is 0 Å². The summed E-state index contributed by atoms with van der Waals surface area (Å²) in [5.74, 6) is 1.23. The highest BCUT2D eigenvalue weighted by Crippen LogP contribution is 2.17. The minimum Gasteiger partial charge on any atom is -0.356 e. The van der Waals surface area contributed by atoms with Gasteiger partial charge in [0.15, 0.2) is 0 Å². The predicted molar refractivity (Wildman–Crippen MR) is 69.7 cm³/mol. The standard InChI is InChI=1S/C13H19NOS/c1-2-7-13(15)14-10-6-11-16-12-8-4-3-5-9-12/h3-5,8-9H,2,6-7,10-11H2,1H3,(H,14,15). The number of hydrogen-bond donors (Lipinski definition) is 1.